The second-order valence-corrected chi connectivity index (χ2v) is 9.01. The summed E-state index contributed by atoms with van der Waals surface area (Å²) in [6, 6.07) is 18.6. The van der Waals surface area contributed by atoms with Crippen molar-refractivity contribution in [1.82, 2.24) is 19.5 Å². The monoisotopic (exact) mass is 467 g/mol. The lowest BCUT2D eigenvalue weighted by Crippen LogP contribution is -2.24. The third kappa shape index (κ3) is 2.83. The van der Waals surface area contributed by atoms with E-state index < -0.39 is 24.0 Å². The topological polar surface area (TPSA) is 139 Å². The van der Waals surface area contributed by atoms with Gasteiger partial charge >= 0.3 is 0 Å². The third-order valence-electron chi connectivity index (χ3n) is 7.01. The van der Waals surface area contributed by atoms with Gasteiger partial charge in [0.2, 0.25) is 5.95 Å². The molecule has 9 nitrogen and oxygen atoms in total. The summed E-state index contributed by atoms with van der Waals surface area (Å²) >= 11 is 0. The highest BCUT2D eigenvalue weighted by molar-refractivity contribution is 6.25. The van der Waals surface area contributed by atoms with Gasteiger partial charge in [-0.2, -0.15) is 4.98 Å². The number of nitrogens with two attached hydrogens (primary N) is 1. The Labute approximate surface area is 197 Å². The molecule has 0 radical (unpaired) electrons. The fourth-order valence-corrected chi connectivity index (χ4v) is 5.43. The van der Waals surface area contributed by atoms with E-state index in [2.05, 4.69) is 46.4 Å². The Morgan fingerprint density at radius 2 is 1.74 bits per heavy atom. The average Bonchev–Trinajstić information content (AvgIpc) is 3.42. The maximum atomic E-state index is 12.8. The van der Waals surface area contributed by atoms with Crippen LogP contribution in [0.3, 0.4) is 0 Å². The molecule has 35 heavy (non-hydrogen) atoms. The van der Waals surface area contributed by atoms with Gasteiger partial charge in [-0.25, -0.2) is 4.98 Å². The van der Waals surface area contributed by atoms with Crippen LogP contribution in [0.15, 0.2) is 59.4 Å². The van der Waals surface area contributed by atoms with Crippen LogP contribution in [0, 0.1) is 0 Å². The SMILES string of the molecule is Nc1nc2c(nc(-c3ccc4ccc5cccc6ccc3c4c56)n2[C@H]2C[C@H](O)[C@@H](CO)O2)c(=O)[nH]1. The summed E-state index contributed by atoms with van der Waals surface area (Å²) < 4.78 is 7.69. The molecule has 1 aliphatic rings. The van der Waals surface area contributed by atoms with Crippen LogP contribution in [0.2, 0.25) is 0 Å². The minimum atomic E-state index is -0.865. The van der Waals surface area contributed by atoms with Crippen LogP contribution in [-0.4, -0.2) is 48.5 Å². The highest BCUT2D eigenvalue weighted by Gasteiger charge is 2.37. The molecule has 3 heterocycles. The van der Waals surface area contributed by atoms with Gasteiger partial charge in [0.05, 0.1) is 12.7 Å². The molecule has 5 N–H and O–H groups in total. The predicted molar refractivity (Wildman–Crippen MR) is 133 cm³/mol. The number of benzene rings is 4. The van der Waals surface area contributed by atoms with E-state index in [1.54, 1.807) is 4.57 Å². The number of nitrogen functional groups attached to an aromatic ring is 1. The molecule has 3 atom stereocenters. The Balaban J connectivity index is 1.57. The van der Waals surface area contributed by atoms with E-state index in [0.29, 0.717) is 5.82 Å². The fraction of sp³-hybridized carbons (Fsp3) is 0.192. The smallest absolute Gasteiger partial charge is 0.280 e. The van der Waals surface area contributed by atoms with Crippen LogP contribution in [0.5, 0.6) is 0 Å². The van der Waals surface area contributed by atoms with Crippen LogP contribution in [-0.2, 0) is 4.74 Å². The Hall–Kier alpha value is -4.05. The zero-order valence-electron chi connectivity index (χ0n) is 18.5. The predicted octanol–water partition coefficient (Wildman–Crippen LogP) is 2.91. The summed E-state index contributed by atoms with van der Waals surface area (Å²) in [5.41, 5.74) is 6.62. The van der Waals surface area contributed by atoms with Crippen molar-refractivity contribution in [3.8, 4) is 11.4 Å². The number of aliphatic hydroxyl groups excluding tert-OH is 2. The zero-order chi connectivity index (χ0) is 23.8. The van der Waals surface area contributed by atoms with E-state index in [1.807, 2.05) is 18.2 Å². The molecule has 174 valence electrons. The van der Waals surface area contributed by atoms with Crippen molar-refractivity contribution in [2.24, 2.45) is 0 Å². The van der Waals surface area contributed by atoms with Crippen molar-refractivity contribution >= 4 is 49.4 Å². The van der Waals surface area contributed by atoms with Gasteiger partial charge < -0.3 is 20.7 Å². The Bertz CT molecular complexity index is 1810. The van der Waals surface area contributed by atoms with E-state index in [0.717, 1.165) is 32.5 Å². The molecular weight excluding hydrogens is 446 g/mol. The Morgan fingerprint density at radius 1 is 1.03 bits per heavy atom. The molecule has 4 aromatic carbocycles. The number of ether oxygens (including phenoxy) is 1. The summed E-state index contributed by atoms with van der Waals surface area (Å²) in [7, 11) is 0. The number of H-pyrrole nitrogens is 1. The van der Waals surface area contributed by atoms with Crippen LogP contribution in [0.1, 0.15) is 12.6 Å². The lowest BCUT2D eigenvalue weighted by atomic mass is 9.92. The zero-order valence-corrected chi connectivity index (χ0v) is 18.5. The van der Waals surface area contributed by atoms with E-state index in [1.165, 1.54) is 5.39 Å². The largest absolute Gasteiger partial charge is 0.394 e. The van der Waals surface area contributed by atoms with Gasteiger partial charge in [0.25, 0.3) is 5.56 Å². The summed E-state index contributed by atoms with van der Waals surface area (Å²) in [4.78, 5) is 24.3. The highest BCUT2D eigenvalue weighted by atomic mass is 16.5. The Morgan fingerprint density at radius 3 is 2.49 bits per heavy atom. The van der Waals surface area contributed by atoms with Crippen molar-refractivity contribution in [3.63, 3.8) is 0 Å². The summed E-state index contributed by atoms with van der Waals surface area (Å²) in [6.07, 6.45) is -2.08. The van der Waals surface area contributed by atoms with Gasteiger partial charge in [-0.15, -0.1) is 0 Å². The number of aromatic amines is 1. The number of aliphatic hydroxyl groups is 2. The van der Waals surface area contributed by atoms with Crippen LogP contribution in [0.4, 0.5) is 5.95 Å². The second-order valence-electron chi connectivity index (χ2n) is 9.01. The van der Waals surface area contributed by atoms with E-state index in [4.69, 9.17) is 15.5 Å². The lowest BCUT2D eigenvalue weighted by Gasteiger charge is -2.18. The number of nitrogens with zero attached hydrogens (tertiary/aromatic N) is 3. The van der Waals surface area contributed by atoms with E-state index >= 15 is 0 Å². The molecule has 1 saturated heterocycles. The minimum Gasteiger partial charge on any atom is -0.394 e. The molecule has 1 fully saturated rings. The number of aromatic nitrogens is 4. The van der Waals surface area contributed by atoms with Gasteiger partial charge in [-0.05, 0) is 32.3 Å². The van der Waals surface area contributed by atoms with Crippen molar-refractivity contribution < 1.29 is 14.9 Å². The first kappa shape index (κ1) is 20.3. The lowest BCUT2D eigenvalue weighted by molar-refractivity contribution is -0.0426. The average molecular weight is 467 g/mol. The van der Waals surface area contributed by atoms with Gasteiger partial charge in [0.1, 0.15) is 18.2 Å². The summed E-state index contributed by atoms with van der Waals surface area (Å²) in [6.45, 7) is -0.325. The fourth-order valence-electron chi connectivity index (χ4n) is 5.43. The second kappa shape index (κ2) is 7.22. The summed E-state index contributed by atoms with van der Waals surface area (Å²) in [5.74, 6) is 0.445. The van der Waals surface area contributed by atoms with Crippen molar-refractivity contribution in [2.45, 2.75) is 24.9 Å². The normalized spacial score (nSPS) is 20.7. The maximum Gasteiger partial charge on any atom is 0.280 e. The Kier molecular flexibility index (Phi) is 4.20. The van der Waals surface area contributed by atoms with Crippen LogP contribution in [0.25, 0.3) is 54.9 Å². The van der Waals surface area contributed by atoms with Crippen LogP contribution < -0.4 is 11.3 Å². The maximum absolute atomic E-state index is 12.8. The standard InChI is InChI=1S/C26H21N5O4/c27-26-29-24-22(25(34)30-26)28-23(31(24)19-10-17(33)18(11-32)35-19)16-9-7-14-5-4-12-2-1-3-13-6-8-15(16)21(14)20(12)13/h1-9,17-19,32-33H,10-11H2,(H3,27,29,30,34)/t17-,18+,19+/m0/s1. The number of hydrogen-bond donors (Lipinski definition) is 4. The van der Waals surface area contributed by atoms with Crippen LogP contribution >= 0.6 is 0 Å². The molecule has 0 spiro atoms. The minimum absolute atomic E-state index is 0.0390. The van der Waals surface area contributed by atoms with Gasteiger partial charge in [-0.3, -0.25) is 14.3 Å². The number of rotatable bonds is 3. The van der Waals surface area contributed by atoms with Gasteiger partial charge in [-0.1, -0.05) is 54.6 Å². The van der Waals surface area contributed by atoms with Crippen molar-refractivity contribution in [2.75, 3.05) is 12.3 Å². The number of nitrogens with one attached hydrogen (secondary N) is 1. The first-order valence-corrected chi connectivity index (χ1v) is 11.4. The molecule has 0 unspecified atom stereocenters. The van der Waals surface area contributed by atoms with Crippen molar-refractivity contribution in [3.05, 3.63) is 65.0 Å². The molecule has 0 saturated carbocycles. The number of hydrogen-bond acceptors (Lipinski definition) is 7. The van der Waals surface area contributed by atoms with E-state index in [9.17, 15) is 15.0 Å². The molecule has 6 aromatic rings. The third-order valence-corrected chi connectivity index (χ3v) is 7.01. The highest BCUT2D eigenvalue weighted by Crippen LogP contribution is 2.41. The molecule has 0 aliphatic carbocycles. The first-order valence-electron chi connectivity index (χ1n) is 11.4. The van der Waals surface area contributed by atoms with Gasteiger partial charge in [0.15, 0.2) is 11.2 Å². The number of fused-ring (bicyclic) bond motifs is 1. The molecule has 2 aromatic heterocycles. The first-order chi connectivity index (χ1) is 17.0. The molecule has 0 bridgehead atoms. The summed E-state index contributed by atoms with van der Waals surface area (Å²) in [5, 5.41) is 26.7. The van der Waals surface area contributed by atoms with E-state index in [-0.39, 0.29) is 30.1 Å². The number of imidazole rings is 1. The quantitative estimate of drug-likeness (QED) is 0.294. The van der Waals surface area contributed by atoms with Gasteiger partial charge in [0, 0.05) is 12.0 Å². The molecule has 7 rings (SSSR count). The number of anilines is 1. The van der Waals surface area contributed by atoms with Crippen molar-refractivity contribution in [1.29, 1.82) is 0 Å². The molecule has 9 heteroatoms. The molecule has 1 aliphatic heterocycles. The molecular formula is C26H21N5O4. The molecule has 0 amide bonds.